The molecule has 0 aliphatic carbocycles. The fraction of sp³-hybridized carbons (Fsp3) is 0.250. The molecule has 0 radical (unpaired) electrons. The van der Waals surface area contributed by atoms with Gasteiger partial charge in [0.05, 0.1) is 12.5 Å². The van der Waals surface area contributed by atoms with E-state index in [2.05, 4.69) is 5.32 Å². The van der Waals surface area contributed by atoms with Crippen molar-refractivity contribution in [3.8, 4) is 0 Å². The predicted molar refractivity (Wildman–Crippen MR) is 142 cm³/mol. The molecule has 0 bridgehead atoms. The summed E-state index contributed by atoms with van der Waals surface area (Å²) >= 11 is 6.07. The van der Waals surface area contributed by atoms with Crippen molar-refractivity contribution in [1.82, 2.24) is 0 Å². The molecule has 0 fully saturated rings. The first-order valence-corrected chi connectivity index (χ1v) is 12.2. The van der Waals surface area contributed by atoms with E-state index in [0.29, 0.717) is 23.6 Å². The Labute approximate surface area is 215 Å². The summed E-state index contributed by atoms with van der Waals surface area (Å²) in [4.78, 5) is 40.7. The van der Waals surface area contributed by atoms with Crippen LogP contribution in [0.4, 0.5) is 17.1 Å². The van der Waals surface area contributed by atoms with Gasteiger partial charge < -0.3 is 20.2 Å². The monoisotopic (exact) mass is 505 g/mol. The molecule has 0 saturated heterocycles. The van der Waals surface area contributed by atoms with Gasteiger partial charge in [-0.25, -0.2) is 0 Å². The molecule has 8 heteroatoms. The normalized spacial score (nSPS) is 16.7. The molecular formula is C28H28ClN3O4. The van der Waals surface area contributed by atoms with E-state index in [9.17, 15) is 14.4 Å². The van der Waals surface area contributed by atoms with Gasteiger partial charge in [-0.3, -0.25) is 14.4 Å². The highest BCUT2D eigenvalue weighted by Gasteiger charge is 2.38. The van der Waals surface area contributed by atoms with E-state index in [0.717, 1.165) is 22.6 Å². The molecule has 3 aromatic rings. The zero-order chi connectivity index (χ0) is 25.8. The summed E-state index contributed by atoms with van der Waals surface area (Å²) in [5, 5.41) is 12.4. The zero-order valence-corrected chi connectivity index (χ0v) is 20.9. The Morgan fingerprint density at radius 1 is 1.03 bits per heavy atom. The number of halogens is 1. The number of carboxylic acid groups (broad SMARTS) is 1. The van der Waals surface area contributed by atoms with Crippen molar-refractivity contribution in [3.63, 3.8) is 0 Å². The Morgan fingerprint density at radius 2 is 1.69 bits per heavy atom. The lowest BCUT2D eigenvalue weighted by Gasteiger charge is -2.43. The number of benzene rings is 3. The third-order valence-electron chi connectivity index (χ3n) is 6.33. The van der Waals surface area contributed by atoms with Crippen LogP contribution in [0, 0.1) is 0 Å². The second kappa shape index (κ2) is 10.8. The van der Waals surface area contributed by atoms with Crippen LogP contribution in [0.15, 0.2) is 72.8 Å². The largest absolute Gasteiger partial charge is 0.481 e. The maximum absolute atomic E-state index is 13.6. The Kier molecular flexibility index (Phi) is 7.60. The molecule has 2 N–H and O–H groups in total. The number of rotatable bonds is 7. The van der Waals surface area contributed by atoms with Crippen molar-refractivity contribution < 1.29 is 19.5 Å². The number of nitrogens with zero attached hydrogens (tertiary/aromatic N) is 2. The van der Waals surface area contributed by atoms with Crippen LogP contribution in [0.25, 0.3) is 0 Å². The quantitative estimate of drug-likeness (QED) is 0.426. The van der Waals surface area contributed by atoms with E-state index in [-0.39, 0.29) is 30.3 Å². The fourth-order valence-corrected chi connectivity index (χ4v) is 4.83. The molecule has 186 valence electrons. The standard InChI is InChI=1S/C28H28ClN3O4/c1-18-17-26(32(19(2)33)23-13-9-21(29)10-14-23)24-5-3-4-6-25(24)31(18)28(36)20-7-11-22(12-8-20)30-16-15-27(34)35/h3-14,18,26,30H,15-17H2,1-2H3,(H,34,35). The highest BCUT2D eigenvalue weighted by molar-refractivity contribution is 6.30. The third kappa shape index (κ3) is 5.36. The lowest BCUT2D eigenvalue weighted by molar-refractivity contribution is -0.136. The maximum atomic E-state index is 13.6. The van der Waals surface area contributed by atoms with Crippen LogP contribution >= 0.6 is 11.6 Å². The average molecular weight is 506 g/mol. The number of aliphatic carboxylic acids is 1. The molecule has 1 aliphatic rings. The summed E-state index contributed by atoms with van der Waals surface area (Å²) < 4.78 is 0. The van der Waals surface area contributed by atoms with Crippen LogP contribution in [0.1, 0.15) is 48.7 Å². The van der Waals surface area contributed by atoms with Crippen molar-refractivity contribution >= 4 is 46.4 Å². The van der Waals surface area contributed by atoms with E-state index >= 15 is 0 Å². The molecule has 0 spiro atoms. The topological polar surface area (TPSA) is 90.0 Å². The van der Waals surface area contributed by atoms with Gasteiger partial charge in [0.2, 0.25) is 5.91 Å². The minimum atomic E-state index is -0.871. The number of carbonyl (C=O) groups excluding carboxylic acids is 2. The molecule has 7 nitrogen and oxygen atoms in total. The van der Waals surface area contributed by atoms with Crippen LogP contribution in [-0.2, 0) is 9.59 Å². The van der Waals surface area contributed by atoms with Gasteiger partial charge in [-0.15, -0.1) is 0 Å². The molecule has 0 aromatic heterocycles. The molecule has 2 atom stereocenters. The first-order valence-electron chi connectivity index (χ1n) is 11.8. The number of anilines is 3. The number of fused-ring (bicyclic) bond motifs is 1. The number of hydrogen-bond acceptors (Lipinski definition) is 4. The van der Waals surface area contributed by atoms with Gasteiger partial charge in [0, 0.05) is 47.2 Å². The second-order valence-electron chi connectivity index (χ2n) is 8.85. The van der Waals surface area contributed by atoms with Gasteiger partial charge in [-0.05, 0) is 73.5 Å². The van der Waals surface area contributed by atoms with Crippen molar-refractivity contribution in [2.24, 2.45) is 0 Å². The van der Waals surface area contributed by atoms with E-state index in [4.69, 9.17) is 16.7 Å². The highest BCUT2D eigenvalue weighted by atomic mass is 35.5. The Bertz CT molecular complexity index is 1260. The predicted octanol–water partition coefficient (Wildman–Crippen LogP) is 5.76. The Hall–Kier alpha value is -3.84. The molecule has 0 saturated carbocycles. The molecule has 3 aromatic carbocycles. The zero-order valence-electron chi connectivity index (χ0n) is 20.1. The average Bonchev–Trinajstić information content (AvgIpc) is 2.85. The molecule has 1 aliphatic heterocycles. The second-order valence-corrected chi connectivity index (χ2v) is 9.28. The van der Waals surface area contributed by atoms with Crippen LogP contribution in [0.3, 0.4) is 0 Å². The van der Waals surface area contributed by atoms with Crippen LogP contribution in [0.5, 0.6) is 0 Å². The molecule has 2 amide bonds. The molecular weight excluding hydrogens is 478 g/mol. The van der Waals surface area contributed by atoms with Gasteiger partial charge in [-0.1, -0.05) is 29.8 Å². The summed E-state index contributed by atoms with van der Waals surface area (Å²) in [7, 11) is 0. The number of nitrogens with one attached hydrogen (secondary N) is 1. The lowest BCUT2D eigenvalue weighted by atomic mass is 9.89. The van der Waals surface area contributed by atoms with Crippen molar-refractivity contribution in [3.05, 3.63) is 88.9 Å². The van der Waals surface area contributed by atoms with Crippen molar-refractivity contribution in [2.45, 2.75) is 38.8 Å². The summed E-state index contributed by atoms with van der Waals surface area (Å²) in [5.74, 6) is -1.09. The fourth-order valence-electron chi connectivity index (χ4n) is 4.70. The Morgan fingerprint density at radius 3 is 2.33 bits per heavy atom. The smallest absolute Gasteiger partial charge is 0.305 e. The number of amides is 2. The summed E-state index contributed by atoms with van der Waals surface area (Å²) in [5.41, 5.74) is 3.71. The number of carboxylic acids is 1. The summed E-state index contributed by atoms with van der Waals surface area (Å²) in [6.07, 6.45) is 0.580. The van der Waals surface area contributed by atoms with Gasteiger partial charge in [-0.2, -0.15) is 0 Å². The minimum absolute atomic E-state index is 0.0111. The SMILES string of the molecule is CC(=O)N(c1ccc(Cl)cc1)C1CC(C)N(C(=O)c2ccc(NCCC(=O)O)cc2)c2ccccc21. The summed E-state index contributed by atoms with van der Waals surface area (Å²) in [6, 6.07) is 21.5. The van der Waals surface area contributed by atoms with Gasteiger partial charge in [0.15, 0.2) is 0 Å². The number of carbonyl (C=O) groups is 3. The third-order valence-corrected chi connectivity index (χ3v) is 6.59. The van der Waals surface area contributed by atoms with E-state index < -0.39 is 5.97 Å². The van der Waals surface area contributed by atoms with Crippen molar-refractivity contribution in [2.75, 3.05) is 21.7 Å². The minimum Gasteiger partial charge on any atom is -0.481 e. The first kappa shape index (κ1) is 25.3. The van der Waals surface area contributed by atoms with Crippen molar-refractivity contribution in [1.29, 1.82) is 0 Å². The molecule has 1 heterocycles. The van der Waals surface area contributed by atoms with Gasteiger partial charge in [0.1, 0.15) is 0 Å². The Balaban J connectivity index is 1.63. The van der Waals surface area contributed by atoms with Gasteiger partial charge >= 0.3 is 5.97 Å². The summed E-state index contributed by atoms with van der Waals surface area (Å²) in [6.45, 7) is 3.84. The number of hydrogen-bond donors (Lipinski definition) is 2. The van der Waals surface area contributed by atoms with E-state index in [1.807, 2.05) is 43.3 Å². The maximum Gasteiger partial charge on any atom is 0.305 e. The van der Waals surface area contributed by atoms with Gasteiger partial charge in [0.25, 0.3) is 5.91 Å². The van der Waals surface area contributed by atoms with Crippen LogP contribution in [-0.4, -0.2) is 35.5 Å². The molecule has 4 rings (SSSR count). The molecule has 2 unspecified atom stereocenters. The first-order chi connectivity index (χ1) is 17.3. The lowest BCUT2D eigenvalue weighted by Crippen LogP contribution is -2.47. The molecule has 36 heavy (non-hydrogen) atoms. The van der Waals surface area contributed by atoms with Crippen LogP contribution < -0.4 is 15.1 Å². The highest BCUT2D eigenvalue weighted by Crippen LogP contribution is 2.42. The van der Waals surface area contributed by atoms with E-state index in [1.165, 1.54) is 0 Å². The number of para-hydroxylation sites is 1. The van der Waals surface area contributed by atoms with Crippen LogP contribution in [0.2, 0.25) is 5.02 Å². The van der Waals surface area contributed by atoms with E-state index in [1.54, 1.807) is 53.1 Å².